The fourth-order valence-corrected chi connectivity index (χ4v) is 2.03. The molecule has 96 valence electrons. The van der Waals surface area contributed by atoms with Crippen LogP contribution in [-0.2, 0) is 0 Å². The second-order valence-corrected chi connectivity index (χ2v) is 4.01. The molecule has 0 saturated heterocycles. The van der Waals surface area contributed by atoms with Crippen LogP contribution in [-0.4, -0.2) is 24.0 Å². The molecular weight excluding hydrogens is 232 g/mol. The summed E-state index contributed by atoms with van der Waals surface area (Å²) in [5.74, 6) is -0.0908. The van der Waals surface area contributed by atoms with Crippen LogP contribution in [0.5, 0.6) is 0 Å². The molecule has 1 fully saturated rings. The van der Waals surface area contributed by atoms with Gasteiger partial charge in [0.25, 0.3) is 0 Å². The molecule has 8 heteroatoms. The van der Waals surface area contributed by atoms with Gasteiger partial charge in [0, 0.05) is 12.1 Å². The van der Waals surface area contributed by atoms with Crippen LogP contribution >= 0.6 is 0 Å². The van der Waals surface area contributed by atoms with Crippen molar-refractivity contribution in [2.45, 2.75) is 37.8 Å². The van der Waals surface area contributed by atoms with E-state index in [4.69, 9.17) is 21.3 Å². The molecule has 8 nitrogen and oxygen atoms in total. The van der Waals surface area contributed by atoms with Crippen molar-refractivity contribution in [1.82, 2.24) is 21.3 Å². The molecule has 2 atom stereocenters. The average Bonchev–Trinajstić information content (AvgIpc) is 2.32. The van der Waals surface area contributed by atoms with E-state index < -0.39 is 0 Å². The van der Waals surface area contributed by atoms with Crippen molar-refractivity contribution >= 4 is 11.9 Å². The van der Waals surface area contributed by atoms with Crippen LogP contribution in [0.1, 0.15) is 25.7 Å². The van der Waals surface area contributed by atoms with Crippen LogP contribution in [0.25, 0.3) is 0 Å². The average molecular weight is 248 g/mol. The predicted octanol–water partition coefficient (Wildman–Crippen LogP) is -0.512. The summed E-state index contributed by atoms with van der Waals surface area (Å²) >= 11 is 0. The zero-order valence-electron chi connectivity index (χ0n) is 9.88. The number of nitriles is 2. The molecule has 1 rings (SSSR count). The first-order chi connectivity index (χ1) is 8.67. The molecule has 6 N–H and O–H groups in total. The van der Waals surface area contributed by atoms with Crippen molar-refractivity contribution in [2.24, 2.45) is 0 Å². The number of hydrogen-bond acceptors (Lipinski definition) is 4. The largest absolute Gasteiger partial charge is 0.351 e. The van der Waals surface area contributed by atoms with Crippen molar-refractivity contribution < 1.29 is 0 Å². The SMILES string of the molecule is N#CNC(=N)NC1CCCCC1NC(=N)NC#N. The Morgan fingerprint density at radius 3 is 1.61 bits per heavy atom. The Morgan fingerprint density at radius 2 is 1.28 bits per heavy atom. The minimum atomic E-state index is -0.0454. The highest BCUT2D eigenvalue weighted by atomic mass is 15.2. The molecule has 18 heavy (non-hydrogen) atoms. The number of hydrogen-bond donors (Lipinski definition) is 6. The molecule has 0 heterocycles. The van der Waals surface area contributed by atoms with E-state index in [2.05, 4.69) is 21.3 Å². The van der Waals surface area contributed by atoms with E-state index in [0.717, 1.165) is 25.7 Å². The van der Waals surface area contributed by atoms with Crippen LogP contribution in [0, 0.1) is 33.7 Å². The highest BCUT2D eigenvalue weighted by Crippen LogP contribution is 2.18. The van der Waals surface area contributed by atoms with Crippen LogP contribution in [0.3, 0.4) is 0 Å². The van der Waals surface area contributed by atoms with E-state index >= 15 is 0 Å². The topological polar surface area (TPSA) is 143 Å². The monoisotopic (exact) mass is 248 g/mol. The molecule has 0 radical (unpaired) electrons. The van der Waals surface area contributed by atoms with E-state index in [0.29, 0.717) is 0 Å². The van der Waals surface area contributed by atoms with Crippen LogP contribution in [0.2, 0.25) is 0 Å². The molecule has 0 amide bonds. The van der Waals surface area contributed by atoms with Gasteiger partial charge in [0.2, 0.25) is 11.9 Å². The summed E-state index contributed by atoms with van der Waals surface area (Å²) in [7, 11) is 0. The molecule has 0 spiro atoms. The van der Waals surface area contributed by atoms with E-state index in [1.54, 1.807) is 12.4 Å². The smallest absolute Gasteiger partial charge is 0.202 e. The van der Waals surface area contributed by atoms with Gasteiger partial charge in [-0.25, -0.2) is 0 Å². The van der Waals surface area contributed by atoms with Gasteiger partial charge in [0.05, 0.1) is 0 Å². The first-order valence-corrected chi connectivity index (χ1v) is 5.67. The van der Waals surface area contributed by atoms with Crippen molar-refractivity contribution in [2.75, 3.05) is 0 Å². The zero-order chi connectivity index (χ0) is 13.4. The Labute approximate surface area is 105 Å². The second kappa shape index (κ2) is 6.97. The van der Waals surface area contributed by atoms with Crippen LogP contribution in [0.4, 0.5) is 0 Å². The molecule has 0 aromatic carbocycles. The highest BCUT2D eigenvalue weighted by molar-refractivity contribution is 5.79. The third-order valence-electron chi connectivity index (χ3n) is 2.79. The van der Waals surface area contributed by atoms with E-state index in [1.165, 1.54) is 0 Å². The summed E-state index contributed by atoms with van der Waals surface area (Å²) in [6, 6.07) is -0.0686. The zero-order valence-corrected chi connectivity index (χ0v) is 9.88. The van der Waals surface area contributed by atoms with Gasteiger partial charge in [-0.15, -0.1) is 0 Å². The first kappa shape index (κ1) is 13.6. The molecule has 0 bridgehead atoms. The molecule has 1 aliphatic rings. The standard InChI is InChI=1S/C10H16N8/c11-5-15-9(13)17-7-3-1-2-4-8(7)18-10(14)16-6-12/h7-8H,1-4H2,(H3,13,15,17)(H3,14,16,18). The Hall–Kier alpha value is -2.48. The lowest BCUT2D eigenvalue weighted by Gasteiger charge is -2.33. The summed E-state index contributed by atoms with van der Waals surface area (Å²) in [6.45, 7) is 0. The van der Waals surface area contributed by atoms with Gasteiger partial charge in [-0.05, 0) is 12.8 Å². The highest BCUT2D eigenvalue weighted by Gasteiger charge is 2.26. The van der Waals surface area contributed by atoms with Crippen molar-refractivity contribution in [3.8, 4) is 12.4 Å². The maximum atomic E-state index is 8.41. The number of nitrogens with one attached hydrogen (secondary N) is 6. The molecule has 0 aromatic rings. The Balaban J connectivity index is 2.52. The summed E-state index contributed by atoms with van der Waals surface area (Å²) in [6.07, 6.45) is 7.14. The maximum absolute atomic E-state index is 8.41. The van der Waals surface area contributed by atoms with Crippen molar-refractivity contribution in [3.63, 3.8) is 0 Å². The van der Waals surface area contributed by atoms with Gasteiger partial charge in [-0.1, -0.05) is 12.8 Å². The minimum absolute atomic E-state index is 0.0343. The fourth-order valence-electron chi connectivity index (χ4n) is 2.03. The van der Waals surface area contributed by atoms with Gasteiger partial charge in [-0.3, -0.25) is 21.5 Å². The Kier molecular flexibility index (Phi) is 5.26. The molecule has 1 saturated carbocycles. The van der Waals surface area contributed by atoms with Crippen LogP contribution < -0.4 is 21.3 Å². The molecule has 0 aliphatic heterocycles. The lowest BCUT2D eigenvalue weighted by atomic mass is 9.90. The van der Waals surface area contributed by atoms with Gasteiger partial charge in [0.15, 0.2) is 12.4 Å². The third kappa shape index (κ3) is 4.18. The van der Waals surface area contributed by atoms with Crippen molar-refractivity contribution in [1.29, 1.82) is 21.3 Å². The Bertz CT molecular complexity index is 352. The third-order valence-corrected chi connectivity index (χ3v) is 2.79. The quantitative estimate of drug-likeness (QED) is 0.168. The number of nitrogens with zero attached hydrogens (tertiary/aromatic N) is 2. The van der Waals surface area contributed by atoms with Crippen LogP contribution in [0.15, 0.2) is 0 Å². The lowest BCUT2D eigenvalue weighted by molar-refractivity contribution is 0.334. The molecule has 1 aliphatic carbocycles. The van der Waals surface area contributed by atoms with Gasteiger partial charge < -0.3 is 10.6 Å². The summed E-state index contributed by atoms with van der Waals surface area (Å²) in [5, 5.41) is 42.0. The first-order valence-electron chi connectivity index (χ1n) is 5.67. The van der Waals surface area contributed by atoms with E-state index in [9.17, 15) is 0 Å². The molecular formula is C10H16N8. The van der Waals surface area contributed by atoms with Gasteiger partial charge >= 0.3 is 0 Å². The fraction of sp³-hybridized carbons (Fsp3) is 0.600. The van der Waals surface area contributed by atoms with E-state index in [-0.39, 0.29) is 24.0 Å². The Morgan fingerprint density at radius 1 is 0.889 bits per heavy atom. The minimum Gasteiger partial charge on any atom is -0.351 e. The van der Waals surface area contributed by atoms with Crippen molar-refractivity contribution in [3.05, 3.63) is 0 Å². The lowest BCUT2D eigenvalue weighted by Crippen LogP contribution is -2.56. The van der Waals surface area contributed by atoms with E-state index in [1.807, 2.05) is 0 Å². The maximum Gasteiger partial charge on any atom is 0.202 e. The number of rotatable bonds is 2. The number of guanidine groups is 2. The normalized spacial score (nSPS) is 21.9. The predicted molar refractivity (Wildman–Crippen MR) is 65.3 cm³/mol. The molecule has 2 unspecified atom stereocenters. The summed E-state index contributed by atoms with van der Waals surface area (Å²) in [5.41, 5.74) is 0. The second-order valence-electron chi connectivity index (χ2n) is 4.01. The van der Waals surface area contributed by atoms with Gasteiger partial charge in [-0.2, -0.15) is 10.5 Å². The molecule has 0 aromatic heterocycles. The summed E-state index contributed by atoms with van der Waals surface area (Å²) in [4.78, 5) is 0. The summed E-state index contributed by atoms with van der Waals surface area (Å²) < 4.78 is 0. The van der Waals surface area contributed by atoms with Gasteiger partial charge in [0.1, 0.15) is 0 Å².